The number of hydrogen-bond acceptors (Lipinski definition) is 3. The monoisotopic (exact) mass is 302 g/mol. The van der Waals surface area contributed by atoms with Gasteiger partial charge in [-0.2, -0.15) is 5.10 Å². The van der Waals surface area contributed by atoms with Gasteiger partial charge in [0, 0.05) is 49.4 Å². The van der Waals surface area contributed by atoms with E-state index in [1.807, 2.05) is 6.20 Å². The molecule has 2 atom stereocenters. The van der Waals surface area contributed by atoms with Gasteiger partial charge >= 0.3 is 0 Å². The van der Waals surface area contributed by atoms with Gasteiger partial charge < -0.3 is 10.2 Å². The summed E-state index contributed by atoms with van der Waals surface area (Å²) in [6.45, 7) is 1.81. The van der Waals surface area contributed by atoms with Gasteiger partial charge in [0.05, 0.1) is 0 Å². The fraction of sp³-hybridized carbons (Fsp3) is 0.765. The number of amides is 1. The van der Waals surface area contributed by atoms with Crippen LogP contribution in [0.2, 0.25) is 0 Å². The molecule has 3 fully saturated rings. The number of carbonyl (C=O) groups is 1. The molecular weight excluding hydrogens is 276 g/mol. The standard InChI is InChI=1S/C17H26N4O/c22-17(11-12-9-14-1-2-15(10-12)19-14)21-7-4-13(5-8-21)16-3-6-18-20-16/h3,6,12-15,19H,1-2,4-5,7-11H2,(H,18,20). The molecule has 22 heavy (non-hydrogen) atoms. The van der Waals surface area contributed by atoms with E-state index in [4.69, 9.17) is 0 Å². The van der Waals surface area contributed by atoms with Crippen LogP contribution in [0.1, 0.15) is 56.6 Å². The Morgan fingerprint density at radius 3 is 2.55 bits per heavy atom. The molecule has 4 heterocycles. The normalized spacial score (nSPS) is 32.4. The summed E-state index contributed by atoms with van der Waals surface area (Å²) in [5.41, 5.74) is 1.22. The van der Waals surface area contributed by atoms with Gasteiger partial charge in [0.15, 0.2) is 0 Å². The molecule has 1 amide bonds. The van der Waals surface area contributed by atoms with Gasteiger partial charge in [0.1, 0.15) is 0 Å². The van der Waals surface area contributed by atoms with Crippen molar-refractivity contribution in [2.24, 2.45) is 5.92 Å². The Labute approximate surface area is 131 Å². The fourth-order valence-electron chi connectivity index (χ4n) is 4.65. The van der Waals surface area contributed by atoms with Crippen LogP contribution >= 0.6 is 0 Å². The summed E-state index contributed by atoms with van der Waals surface area (Å²) in [6.07, 6.45) is 9.73. The van der Waals surface area contributed by atoms with Crippen LogP contribution in [0.3, 0.4) is 0 Å². The van der Waals surface area contributed by atoms with Crippen LogP contribution in [-0.2, 0) is 4.79 Å². The third-order valence-electron chi connectivity index (χ3n) is 5.84. The SMILES string of the molecule is O=C(CC1CC2CCC(C1)N2)N1CCC(c2ccn[nH]2)CC1. The molecule has 0 aromatic carbocycles. The minimum Gasteiger partial charge on any atom is -0.343 e. The summed E-state index contributed by atoms with van der Waals surface area (Å²) in [6, 6.07) is 3.43. The minimum atomic E-state index is 0.384. The number of fused-ring (bicyclic) bond motifs is 2. The maximum atomic E-state index is 12.6. The molecule has 2 bridgehead atoms. The molecule has 3 saturated heterocycles. The number of nitrogens with one attached hydrogen (secondary N) is 2. The number of aromatic amines is 1. The average molecular weight is 302 g/mol. The van der Waals surface area contributed by atoms with E-state index < -0.39 is 0 Å². The summed E-state index contributed by atoms with van der Waals surface area (Å²) in [4.78, 5) is 14.7. The van der Waals surface area contributed by atoms with Crippen LogP contribution in [0, 0.1) is 5.92 Å². The highest BCUT2D eigenvalue weighted by molar-refractivity contribution is 5.76. The smallest absolute Gasteiger partial charge is 0.222 e. The van der Waals surface area contributed by atoms with Crippen molar-refractivity contribution in [2.45, 2.75) is 62.9 Å². The Kier molecular flexibility index (Phi) is 3.90. The third-order valence-corrected chi connectivity index (χ3v) is 5.84. The van der Waals surface area contributed by atoms with E-state index in [0.29, 0.717) is 29.8 Å². The zero-order valence-electron chi connectivity index (χ0n) is 13.1. The van der Waals surface area contributed by atoms with Gasteiger partial charge in [-0.05, 0) is 50.5 Å². The Morgan fingerprint density at radius 1 is 1.18 bits per heavy atom. The van der Waals surface area contributed by atoms with Gasteiger partial charge in [0.25, 0.3) is 0 Å². The number of likely N-dealkylation sites (tertiary alicyclic amines) is 1. The lowest BCUT2D eigenvalue weighted by Gasteiger charge is -2.34. The molecule has 0 spiro atoms. The Balaban J connectivity index is 1.27. The van der Waals surface area contributed by atoms with Crippen LogP contribution in [-0.4, -0.2) is 46.2 Å². The molecule has 3 aliphatic rings. The summed E-state index contributed by atoms with van der Waals surface area (Å²) in [7, 11) is 0. The van der Waals surface area contributed by atoms with Gasteiger partial charge in [-0.15, -0.1) is 0 Å². The van der Waals surface area contributed by atoms with Crippen molar-refractivity contribution in [1.29, 1.82) is 0 Å². The number of aromatic nitrogens is 2. The lowest BCUT2D eigenvalue weighted by atomic mass is 9.88. The molecule has 4 rings (SSSR count). The number of piperidine rings is 2. The van der Waals surface area contributed by atoms with E-state index in [0.717, 1.165) is 32.4 Å². The summed E-state index contributed by atoms with van der Waals surface area (Å²) in [5, 5.41) is 10.8. The maximum Gasteiger partial charge on any atom is 0.222 e. The number of hydrogen-bond donors (Lipinski definition) is 2. The quantitative estimate of drug-likeness (QED) is 0.898. The third kappa shape index (κ3) is 2.91. The van der Waals surface area contributed by atoms with E-state index >= 15 is 0 Å². The molecule has 2 N–H and O–H groups in total. The minimum absolute atomic E-state index is 0.384. The summed E-state index contributed by atoms with van der Waals surface area (Å²) < 4.78 is 0. The highest BCUT2D eigenvalue weighted by Gasteiger charge is 2.35. The van der Waals surface area contributed by atoms with Gasteiger partial charge in [0.2, 0.25) is 5.91 Å². The van der Waals surface area contributed by atoms with Crippen molar-refractivity contribution in [1.82, 2.24) is 20.4 Å². The highest BCUT2D eigenvalue weighted by Crippen LogP contribution is 2.33. The first-order valence-corrected chi connectivity index (χ1v) is 8.81. The van der Waals surface area contributed by atoms with Gasteiger partial charge in [-0.1, -0.05) is 0 Å². The zero-order valence-corrected chi connectivity index (χ0v) is 13.1. The number of rotatable bonds is 3. The van der Waals surface area contributed by atoms with Gasteiger partial charge in [-0.25, -0.2) is 0 Å². The van der Waals surface area contributed by atoms with Crippen molar-refractivity contribution < 1.29 is 4.79 Å². The van der Waals surface area contributed by atoms with Crippen molar-refractivity contribution in [3.8, 4) is 0 Å². The molecule has 0 saturated carbocycles. The zero-order chi connectivity index (χ0) is 14.9. The van der Waals surface area contributed by atoms with Crippen molar-refractivity contribution >= 4 is 5.91 Å². The molecule has 2 unspecified atom stereocenters. The molecule has 1 aromatic heterocycles. The summed E-state index contributed by atoms with van der Waals surface area (Å²) >= 11 is 0. The number of nitrogens with zero attached hydrogens (tertiary/aromatic N) is 2. The molecule has 5 heteroatoms. The first kappa shape index (κ1) is 14.2. The lowest BCUT2D eigenvalue weighted by molar-refractivity contribution is -0.133. The van der Waals surface area contributed by atoms with Crippen molar-refractivity contribution in [3.05, 3.63) is 18.0 Å². The molecule has 3 aliphatic heterocycles. The van der Waals surface area contributed by atoms with E-state index in [1.54, 1.807) is 0 Å². The highest BCUT2D eigenvalue weighted by atomic mass is 16.2. The first-order valence-electron chi connectivity index (χ1n) is 8.81. The molecule has 5 nitrogen and oxygen atoms in total. The van der Waals surface area contributed by atoms with E-state index in [2.05, 4.69) is 26.5 Å². The largest absolute Gasteiger partial charge is 0.343 e. The van der Waals surface area contributed by atoms with Gasteiger partial charge in [-0.3, -0.25) is 9.89 Å². The van der Waals surface area contributed by atoms with Crippen molar-refractivity contribution in [3.63, 3.8) is 0 Å². The van der Waals surface area contributed by atoms with Crippen LogP contribution in [0.4, 0.5) is 0 Å². The van der Waals surface area contributed by atoms with E-state index in [9.17, 15) is 4.79 Å². The maximum absolute atomic E-state index is 12.6. The van der Waals surface area contributed by atoms with Crippen LogP contribution in [0.15, 0.2) is 12.3 Å². The Morgan fingerprint density at radius 2 is 1.91 bits per heavy atom. The fourth-order valence-corrected chi connectivity index (χ4v) is 4.65. The lowest BCUT2D eigenvalue weighted by Crippen LogP contribution is -2.42. The predicted molar refractivity (Wildman–Crippen MR) is 84.4 cm³/mol. The summed E-state index contributed by atoms with van der Waals surface area (Å²) in [5.74, 6) is 1.53. The second kappa shape index (κ2) is 6.03. The first-order chi connectivity index (χ1) is 10.8. The van der Waals surface area contributed by atoms with Crippen molar-refractivity contribution in [2.75, 3.05) is 13.1 Å². The molecular formula is C17H26N4O. The van der Waals surface area contributed by atoms with Crippen LogP contribution in [0.25, 0.3) is 0 Å². The Hall–Kier alpha value is -1.36. The molecule has 1 aromatic rings. The molecule has 0 aliphatic carbocycles. The second-order valence-electron chi connectivity index (χ2n) is 7.35. The van der Waals surface area contributed by atoms with E-state index in [1.165, 1.54) is 31.4 Å². The predicted octanol–water partition coefficient (Wildman–Crippen LogP) is 2.04. The number of H-pyrrole nitrogens is 1. The Bertz CT molecular complexity index is 495. The topological polar surface area (TPSA) is 61.0 Å². The number of carbonyl (C=O) groups excluding carboxylic acids is 1. The molecule has 120 valence electrons. The van der Waals surface area contributed by atoms with Crippen LogP contribution in [0.5, 0.6) is 0 Å². The molecule has 0 radical (unpaired) electrons. The average Bonchev–Trinajstić information content (AvgIpc) is 3.17. The van der Waals surface area contributed by atoms with Crippen LogP contribution < -0.4 is 5.32 Å². The van der Waals surface area contributed by atoms with E-state index in [-0.39, 0.29) is 0 Å². The second-order valence-corrected chi connectivity index (χ2v) is 7.35.